The number of imidazole rings is 1. The number of aryl methyl sites for hydroxylation is 1. The summed E-state index contributed by atoms with van der Waals surface area (Å²) in [4.78, 5) is 4.55. The van der Waals surface area contributed by atoms with E-state index in [2.05, 4.69) is 65.4 Å². The van der Waals surface area contributed by atoms with Crippen LogP contribution in [-0.4, -0.2) is 22.6 Å². The Kier molecular flexibility index (Phi) is 4.39. The van der Waals surface area contributed by atoms with Gasteiger partial charge in [0.1, 0.15) is 5.82 Å². The van der Waals surface area contributed by atoms with Gasteiger partial charge in [0.2, 0.25) is 0 Å². The average molecular weight is 283 g/mol. The maximum atomic E-state index is 4.55. The molecule has 0 saturated heterocycles. The lowest BCUT2D eigenvalue weighted by molar-refractivity contribution is 0.468. The van der Waals surface area contributed by atoms with Gasteiger partial charge in [-0.2, -0.15) is 0 Å². The van der Waals surface area contributed by atoms with Gasteiger partial charge < -0.3 is 9.88 Å². The fraction of sp³-hybridized carbons (Fsp3) is 0.500. The monoisotopic (exact) mass is 283 g/mol. The summed E-state index contributed by atoms with van der Waals surface area (Å²) in [6.45, 7) is 3.28. The van der Waals surface area contributed by atoms with Gasteiger partial charge in [-0.3, -0.25) is 0 Å². The first-order chi connectivity index (χ1) is 10.3. The van der Waals surface area contributed by atoms with Crippen LogP contribution in [0.5, 0.6) is 0 Å². The number of likely N-dealkylation sites (N-methyl/N-ethyl adjacent to an activating group) is 1. The highest BCUT2D eigenvalue weighted by atomic mass is 15.1. The molecule has 1 N–H and O–H groups in total. The molecule has 1 aromatic carbocycles. The maximum Gasteiger partial charge on any atom is 0.110 e. The molecule has 0 bridgehead atoms. The molecule has 0 radical (unpaired) electrons. The molecule has 1 aliphatic rings. The summed E-state index contributed by atoms with van der Waals surface area (Å²) in [5, 5.41) is 3.52. The summed E-state index contributed by atoms with van der Waals surface area (Å²) in [6, 6.07) is 11.4. The Morgan fingerprint density at radius 1 is 1.33 bits per heavy atom. The number of nitrogens with one attached hydrogen (secondary N) is 1. The Labute approximate surface area is 127 Å². The van der Waals surface area contributed by atoms with Crippen molar-refractivity contribution >= 4 is 0 Å². The minimum absolute atomic E-state index is 0.521. The van der Waals surface area contributed by atoms with Crippen LogP contribution in [0.15, 0.2) is 42.7 Å². The van der Waals surface area contributed by atoms with Crippen molar-refractivity contribution < 1.29 is 0 Å². The lowest BCUT2D eigenvalue weighted by Crippen LogP contribution is -2.31. The molecule has 0 aliphatic heterocycles. The predicted molar refractivity (Wildman–Crippen MR) is 86.4 cm³/mol. The van der Waals surface area contributed by atoms with Gasteiger partial charge in [0.05, 0.1) is 0 Å². The topological polar surface area (TPSA) is 29.9 Å². The van der Waals surface area contributed by atoms with Crippen molar-refractivity contribution in [3.8, 4) is 0 Å². The molecule has 1 heterocycles. The highest BCUT2D eigenvalue weighted by Crippen LogP contribution is 2.49. The van der Waals surface area contributed by atoms with Crippen LogP contribution in [0.2, 0.25) is 0 Å². The second kappa shape index (κ2) is 6.44. The summed E-state index contributed by atoms with van der Waals surface area (Å²) in [5.74, 6) is 2.68. The molecule has 1 fully saturated rings. The normalized spacial score (nSPS) is 22.2. The molecule has 112 valence electrons. The van der Waals surface area contributed by atoms with E-state index in [0.717, 1.165) is 31.2 Å². The molecule has 3 atom stereocenters. The third kappa shape index (κ3) is 3.18. The van der Waals surface area contributed by atoms with Gasteiger partial charge in [-0.1, -0.05) is 37.3 Å². The Balaban J connectivity index is 1.65. The van der Waals surface area contributed by atoms with Gasteiger partial charge in [0.25, 0.3) is 0 Å². The highest BCUT2D eigenvalue weighted by Gasteiger charge is 2.43. The molecule has 3 nitrogen and oxygen atoms in total. The van der Waals surface area contributed by atoms with Crippen LogP contribution in [0.3, 0.4) is 0 Å². The van der Waals surface area contributed by atoms with Crippen molar-refractivity contribution in [3.05, 3.63) is 54.1 Å². The van der Waals surface area contributed by atoms with Crippen LogP contribution >= 0.6 is 0 Å². The molecule has 1 saturated carbocycles. The summed E-state index contributed by atoms with van der Waals surface area (Å²) >= 11 is 0. The zero-order valence-corrected chi connectivity index (χ0v) is 13.0. The van der Waals surface area contributed by atoms with Crippen LogP contribution in [-0.2, 0) is 13.0 Å². The standard InChI is InChI=1S/C18H25N3/c1-3-10-21-11-9-20-18(21)13-17(19-2)16-12-15(16)14-7-5-4-6-8-14/h4-9,11,15-17,19H,3,10,12-13H2,1-2H3. The summed E-state index contributed by atoms with van der Waals surface area (Å²) in [6.07, 6.45) is 7.51. The molecule has 3 unspecified atom stereocenters. The first-order valence-electron chi connectivity index (χ1n) is 8.05. The number of hydrogen-bond donors (Lipinski definition) is 1. The van der Waals surface area contributed by atoms with Gasteiger partial charge in [-0.15, -0.1) is 0 Å². The minimum atomic E-state index is 0.521. The number of hydrogen-bond acceptors (Lipinski definition) is 2. The highest BCUT2D eigenvalue weighted by molar-refractivity contribution is 5.27. The number of aromatic nitrogens is 2. The zero-order valence-electron chi connectivity index (χ0n) is 13.0. The van der Waals surface area contributed by atoms with E-state index in [0.29, 0.717) is 6.04 Å². The van der Waals surface area contributed by atoms with Gasteiger partial charge in [-0.25, -0.2) is 4.98 Å². The SMILES string of the molecule is CCCn1ccnc1CC(NC)C1CC1c1ccccc1. The first kappa shape index (κ1) is 14.3. The minimum Gasteiger partial charge on any atom is -0.335 e. The van der Waals surface area contributed by atoms with Gasteiger partial charge in [0.15, 0.2) is 0 Å². The molecule has 21 heavy (non-hydrogen) atoms. The second-order valence-corrected chi connectivity index (χ2v) is 6.05. The zero-order chi connectivity index (χ0) is 14.7. The lowest BCUT2D eigenvalue weighted by Gasteiger charge is -2.17. The van der Waals surface area contributed by atoms with Gasteiger partial charge >= 0.3 is 0 Å². The van der Waals surface area contributed by atoms with Crippen LogP contribution < -0.4 is 5.32 Å². The molecule has 3 heteroatoms. The van der Waals surface area contributed by atoms with Crippen LogP contribution in [0.4, 0.5) is 0 Å². The third-order valence-electron chi connectivity index (χ3n) is 4.62. The molecule has 1 aromatic heterocycles. The third-order valence-corrected chi connectivity index (χ3v) is 4.62. The average Bonchev–Trinajstić information content (AvgIpc) is 3.20. The van der Waals surface area contributed by atoms with Crippen molar-refractivity contribution in [1.29, 1.82) is 0 Å². The molecular formula is C18H25N3. The maximum absolute atomic E-state index is 4.55. The molecule has 0 spiro atoms. The van der Waals surface area contributed by atoms with Crippen molar-refractivity contribution in [3.63, 3.8) is 0 Å². The predicted octanol–water partition coefficient (Wildman–Crippen LogP) is 3.23. The van der Waals surface area contributed by atoms with Gasteiger partial charge in [-0.05, 0) is 37.3 Å². The van der Waals surface area contributed by atoms with Crippen LogP contribution in [0.1, 0.15) is 37.1 Å². The Bertz CT molecular complexity index is 561. The quantitative estimate of drug-likeness (QED) is 0.845. The van der Waals surface area contributed by atoms with Crippen molar-refractivity contribution in [2.45, 2.75) is 44.7 Å². The van der Waals surface area contributed by atoms with E-state index in [1.807, 2.05) is 6.20 Å². The van der Waals surface area contributed by atoms with E-state index < -0.39 is 0 Å². The van der Waals surface area contributed by atoms with Gasteiger partial charge in [0, 0.05) is 31.4 Å². The van der Waals surface area contributed by atoms with Crippen LogP contribution in [0, 0.1) is 5.92 Å². The van der Waals surface area contributed by atoms with Crippen LogP contribution in [0.25, 0.3) is 0 Å². The Morgan fingerprint density at radius 2 is 2.14 bits per heavy atom. The van der Waals surface area contributed by atoms with E-state index >= 15 is 0 Å². The van der Waals surface area contributed by atoms with Crippen molar-refractivity contribution in [2.24, 2.45) is 5.92 Å². The first-order valence-corrected chi connectivity index (χ1v) is 8.05. The molecular weight excluding hydrogens is 258 g/mol. The van der Waals surface area contributed by atoms with E-state index in [9.17, 15) is 0 Å². The van der Waals surface area contributed by atoms with E-state index in [1.54, 1.807) is 0 Å². The second-order valence-electron chi connectivity index (χ2n) is 6.05. The van der Waals surface area contributed by atoms with E-state index in [1.165, 1.54) is 17.8 Å². The summed E-state index contributed by atoms with van der Waals surface area (Å²) < 4.78 is 2.30. The van der Waals surface area contributed by atoms with E-state index in [4.69, 9.17) is 0 Å². The number of rotatable bonds is 7. The molecule has 3 rings (SSSR count). The molecule has 2 aromatic rings. The summed E-state index contributed by atoms with van der Waals surface area (Å²) in [7, 11) is 2.08. The Hall–Kier alpha value is -1.61. The molecule has 0 amide bonds. The smallest absolute Gasteiger partial charge is 0.110 e. The fourth-order valence-electron chi connectivity index (χ4n) is 3.38. The number of benzene rings is 1. The largest absolute Gasteiger partial charge is 0.335 e. The molecule has 1 aliphatic carbocycles. The Morgan fingerprint density at radius 3 is 2.86 bits per heavy atom. The fourth-order valence-corrected chi connectivity index (χ4v) is 3.38. The number of nitrogens with zero attached hydrogens (tertiary/aromatic N) is 2. The van der Waals surface area contributed by atoms with E-state index in [-0.39, 0.29) is 0 Å². The lowest BCUT2D eigenvalue weighted by atomic mass is 10.0. The van der Waals surface area contributed by atoms with Crippen molar-refractivity contribution in [1.82, 2.24) is 14.9 Å². The van der Waals surface area contributed by atoms with Crippen molar-refractivity contribution in [2.75, 3.05) is 7.05 Å². The summed E-state index contributed by atoms with van der Waals surface area (Å²) in [5.41, 5.74) is 1.49.